The number of nitrogens with zero attached hydrogens (tertiary/aromatic N) is 1. The Morgan fingerprint density at radius 1 is 0.969 bits per heavy atom. The van der Waals surface area contributed by atoms with Gasteiger partial charge in [0.05, 0.1) is 5.69 Å². The molecule has 2 amide bonds. The zero-order valence-corrected chi connectivity index (χ0v) is 18.1. The first-order valence-electron chi connectivity index (χ1n) is 10.5. The Hall–Kier alpha value is -3.45. The Kier molecular flexibility index (Phi) is 5.73. The number of carbonyl (C=O) groups is 2. The summed E-state index contributed by atoms with van der Waals surface area (Å²) in [5.41, 5.74) is 2.47. The molecule has 0 saturated heterocycles. The van der Waals surface area contributed by atoms with E-state index in [0.717, 1.165) is 16.1 Å². The highest BCUT2D eigenvalue weighted by Crippen LogP contribution is 2.45. The van der Waals surface area contributed by atoms with Gasteiger partial charge in [-0.2, -0.15) is 0 Å². The van der Waals surface area contributed by atoms with Crippen LogP contribution in [0.25, 0.3) is 0 Å². The molecule has 0 saturated carbocycles. The van der Waals surface area contributed by atoms with Crippen molar-refractivity contribution in [2.24, 2.45) is 0 Å². The normalized spacial score (nSPS) is 17.3. The zero-order chi connectivity index (χ0) is 21.9. The minimum atomic E-state index is -0.270. The lowest BCUT2D eigenvalue weighted by Gasteiger charge is -2.22. The number of para-hydroxylation sites is 1. The van der Waals surface area contributed by atoms with Gasteiger partial charge in [-0.25, -0.2) is 0 Å². The van der Waals surface area contributed by atoms with E-state index < -0.39 is 0 Å². The molecule has 5 rings (SSSR count). The molecule has 1 N–H and O–H groups in total. The fourth-order valence-electron chi connectivity index (χ4n) is 3.87. The summed E-state index contributed by atoms with van der Waals surface area (Å²) < 4.78 is 11.1. The predicted molar refractivity (Wildman–Crippen MR) is 125 cm³/mol. The third-order valence-corrected chi connectivity index (χ3v) is 6.71. The number of ether oxygens (including phenoxy) is 2. The van der Waals surface area contributed by atoms with E-state index in [1.807, 2.05) is 54.6 Å². The molecule has 162 valence electrons. The highest BCUT2D eigenvalue weighted by Gasteiger charge is 2.30. The van der Waals surface area contributed by atoms with Gasteiger partial charge in [0.25, 0.3) is 0 Å². The number of fused-ring (bicyclic) bond motifs is 2. The molecule has 0 radical (unpaired) electrons. The molecule has 0 bridgehead atoms. The van der Waals surface area contributed by atoms with Crippen molar-refractivity contribution in [2.45, 2.75) is 16.6 Å². The number of anilines is 2. The number of benzene rings is 3. The molecule has 2 aliphatic heterocycles. The summed E-state index contributed by atoms with van der Waals surface area (Å²) >= 11 is 1.66. The van der Waals surface area contributed by atoms with Crippen LogP contribution in [0.3, 0.4) is 0 Å². The molecule has 3 aromatic carbocycles. The Morgan fingerprint density at radius 2 is 1.72 bits per heavy atom. The Bertz CT molecular complexity index is 1150. The van der Waals surface area contributed by atoms with Crippen LogP contribution < -0.4 is 19.7 Å². The first kappa shape index (κ1) is 20.5. The number of hydrogen-bond acceptors (Lipinski definition) is 5. The molecule has 0 aromatic heterocycles. The maximum atomic E-state index is 13.2. The van der Waals surface area contributed by atoms with Crippen LogP contribution in [0.4, 0.5) is 11.4 Å². The van der Waals surface area contributed by atoms with Gasteiger partial charge in [-0.05, 0) is 29.8 Å². The molecule has 2 aliphatic rings. The van der Waals surface area contributed by atoms with E-state index in [0.29, 0.717) is 36.8 Å². The molecular formula is C25H22N2O4S. The van der Waals surface area contributed by atoms with E-state index in [9.17, 15) is 9.59 Å². The molecule has 3 aromatic rings. The second-order valence-electron chi connectivity index (χ2n) is 7.58. The molecular weight excluding hydrogens is 424 g/mol. The first-order chi connectivity index (χ1) is 15.7. The van der Waals surface area contributed by atoms with Crippen LogP contribution in [0, 0.1) is 0 Å². The summed E-state index contributed by atoms with van der Waals surface area (Å²) in [6, 6.07) is 23.0. The molecule has 2 heterocycles. The van der Waals surface area contributed by atoms with E-state index in [-0.39, 0.29) is 23.6 Å². The number of hydrogen-bond donors (Lipinski definition) is 1. The minimum absolute atomic E-state index is 0.00398. The fourth-order valence-corrected chi connectivity index (χ4v) is 5.15. The monoisotopic (exact) mass is 446 g/mol. The highest BCUT2D eigenvalue weighted by atomic mass is 32.2. The SMILES string of the molecule is O=C(CN1C(=O)CC(c2ccccc2)Sc2ccccc21)Nc1ccc2c(c1)OCCO2. The predicted octanol–water partition coefficient (Wildman–Crippen LogP) is 4.67. The summed E-state index contributed by atoms with van der Waals surface area (Å²) in [5.74, 6) is 0.920. The largest absolute Gasteiger partial charge is 0.486 e. The molecule has 32 heavy (non-hydrogen) atoms. The average molecular weight is 447 g/mol. The van der Waals surface area contributed by atoms with Gasteiger partial charge < -0.3 is 19.7 Å². The van der Waals surface area contributed by atoms with Crippen molar-refractivity contribution in [1.29, 1.82) is 0 Å². The van der Waals surface area contributed by atoms with Crippen LogP contribution >= 0.6 is 11.8 Å². The summed E-state index contributed by atoms with van der Waals surface area (Å²) in [5, 5.41) is 2.87. The quantitative estimate of drug-likeness (QED) is 0.631. The van der Waals surface area contributed by atoms with E-state index in [1.165, 1.54) is 0 Å². The smallest absolute Gasteiger partial charge is 0.244 e. The van der Waals surface area contributed by atoms with Gasteiger partial charge in [0.2, 0.25) is 11.8 Å². The van der Waals surface area contributed by atoms with Crippen LogP contribution in [0.15, 0.2) is 77.7 Å². The number of rotatable bonds is 4. The van der Waals surface area contributed by atoms with Gasteiger partial charge in [0.15, 0.2) is 11.5 Å². The van der Waals surface area contributed by atoms with Crippen molar-refractivity contribution in [3.05, 3.63) is 78.4 Å². The lowest BCUT2D eigenvalue weighted by atomic mass is 10.1. The second-order valence-corrected chi connectivity index (χ2v) is 8.82. The Balaban J connectivity index is 1.36. The third-order valence-electron chi connectivity index (χ3n) is 5.39. The third kappa shape index (κ3) is 4.29. The van der Waals surface area contributed by atoms with Crippen molar-refractivity contribution in [1.82, 2.24) is 0 Å². The van der Waals surface area contributed by atoms with Gasteiger partial charge in [0, 0.05) is 28.3 Å². The van der Waals surface area contributed by atoms with E-state index in [2.05, 4.69) is 5.32 Å². The van der Waals surface area contributed by atoms with Crippen LogP contribution in [-0.2, 0) is 9.59 Å². The lowest BCUT2D eigenvalue weighted by Crippen LogP contribution is -2.38. The number of carbonyl (C=O) groups excluding carboxylic acids is 2. The molecule has 0 aliphatic carbocycles. The van der Waals surface area contributed by atoms with Gasteiger partial charge in [-0.1, -0.05) is 42.5 Å². The summed E-state index contributed by atoms with van der Waals surface area (Å²) in [6.45, 7) is 0.924. The van der Waals surface area contributed by atoms with Gasteiger partial charge >= 0.3 is 0 Å². The van der Waals surface area contributed by atoms with Crippen LogP contribution in [0.1, 0.15) is 17.2 Å². The van der Waals surface area contributed by atoms with Gasteiger partial charge in [-0.15, -0.1) is 11.8 Å². The maximum absolute atomic E-state index is 13.2. The summed E-state index contributed by atoms with van der Waals surface area (Å²) in [4.78, 5) is 28.7. The fraction of sp³-hybridized carbons (Fsp3) is 0.200. The first-order valence-corrected chi connectivity index (χ1v) is 11.4. The Labute approximate surface area is 190 Å². The van der Waals surface area contributed by atoms with E-state index in [1.54, 1.807) is 34.9 Å². The molecule has 1 unspecified atom stereocenters. The standard InChI is InChI=1S/C25H22N2O4S/c28-24(26-18-10-11-20-21(14-18)31-13-12-30-20)16-27-19-8-4-5-9-22(19)32-23(15-25(27)29)17-6-2-1-3-7-17/h1-11,14,23H,12-13,15-16H2,(H,26,28). The highest BCUT2D eigenvalue weighted by molar-refractivity contribution is 7.99. The lowest BCUT2D eigenvalue weighted by molar-refractivity contribution is -0.121. The van der Waals surface area contributed by atoms with Crippen molar-refractivity contribution in [3.8, 4) is 11.5 Å². The molecule has 0 spiro atoms. The zero-order valence-electron chi connectivity index (χ0n) is 17.3. The maximum Gasteiger partial charge on any atom is 0.244 e. The summed E-state index contributed by atoms with van der Waals surface area (Å²) in [7, 11) is 0. The number of amides is 2. The molecule has 7 heteroatoms. The number of thioether (sulfide) groups is 1. The molecule has 6 nitrogen and oxygen atoms in total. The number of nitrogens with one attached hydrogen (secondary N) is 1. The van der Waals surface area contributed by atoms with E-state index in [4.69, 9.17) is 9.47 Å². The van der Waals surface area contributed by atoms with Crippen molar-refractivity contribution in [2.75, 3.05) is 30.0 Å². The van der Waals surface area contributed by atoms with Crippen molar-refractivity contribution in [3.63, 3.8) is 0 Å². The van der Waals surface area contributed by atoms with Crippen molar-refractivity contribution < 1.29 is 19.1 Å². The summed E-state index contributed by atoms with van der Waals surface area (Å²) in [6.07, 6.45) is 0.320. The average Bonchev–Trinajstić information content (AvgIpc) is 2.96. The van der Waals surface area contributed by atoms with Crippen LogP contribution in [0.5, 0.6) is 11.5 Å². The topological polar surface area (TPSA) is 67.9 Å². The van der Waals surface area contributed by atoms with Gasteiger partial charge in [-0.3, -0.25) is 9.59 Å². The van der Waals surface area contributed by atoms with E-state index >= 15 is 0 Å². The Morgan fingerprint density at radius 3 is 2.56 bits per heavy atom. The van der Waals surface area contributed by atoms with Crippen LogP contribution in [0.2, 0.25) is 0 Å². The van der Waals surface area contributed by atoms with Crippen LogP contribution in [-0.4, -0.2) is 31.6 Å². The molecule has 0 fully saturated rings. The molecule has 1 atom stereocenters. The minimum Gasteiger partial charge on any atom is -0.486 e. The van der Waals surface area contributed by atoms with Gasteiger partial charge in [0.1, 0.15) is 19.8 Å². The van der Waals surface area contributed by atoms with Crippen molar-refractivity contribution >= 4 is 35.0 Å². The second kappa shape index (κ2) is 8.96.